The van der Waals surface area contributed by atoms with Gasteiger partial charge in [0.05, 0.1) is 0 Å². The molecular formula is C13H15O2PS2. The quantitative estimate of drug-likeness (QED) is 0.495. The van der Waals surface area contributed by atoms with E-state index in [0.717, 1.165) is 11.2 Å². The van der Waals surface area contributed by atoms with Crippen LogP contribution < -0.4 is 0 Å². The Morgan fingerprint density at radius 3 is 1.50 bits per heavy atom. The zero-order chi connectivity index (χ0) is 13.0. The van der Waals surface area contributed by atoms with Gasteiger partial charge >= 0.3 is 0 Å². The van der Waals surface area contributed by atoms with Crippen molar-refractivity contribution in [1.29, 1.82) is 0 Å². The van der Waals surface area contributed by atoms with Gasteiger partial charge in [-0.15, -0.1) is 22.7 Å². The minimum atomic E-state index is -0.884. The Bertz CT molecular complexity index is 728. The summed E-state index contributed by atoms with van der Waals surface area (Å²) in [5.74, 6) is 0. The Hall–Kier alpha value is -0.700. The van der Waals surface area contributed by atoms with E-state index in [1.807, 2.05) is 29.3 Å². The average molecular weight is 298 g/mol. The predicted octanol–water partition coefficient (Wildman–Crippen LogP) is 6.18. The molecule has 2 nitrogen and oxygen atoms in total. The van der Waals surface area contributed by atoms with E-state index in [1.165, 1.54) is 30.3 Å². The molecule has 0 aromatic carbocycles. The minimum Gasteiger partial charge on any atom is -0.418 e. The standard InChI is InChI=1S/C13H15O2PS2/c1-6-10-11-7(2)18-9(4)13(11)15-16(5)14-12(10)8(3)17-6/h1-5H3. The van der Waals surface area contributed by atoms with E-state index in [2.05, 4.69) is 27.7 Å². The molecule has 0 N–H and O–H groups in total. The monoisotopic (exact) mass is 298 g/mol. The fraction of sp³-hybridized carbons (Fsp3) is 0.385. The molecular weight excluding hydrogens is 283 g/mol. The van der Waals surface area contributed by atoms with Gasteiger partial charge in [0.15, 0.2) is 11.2 Å². The first-order valence-electron chi connectivity index (χ1n) is 5.79. The van der Waals surface area contributed by atoms with Crippen LogP contribution in [0, 0.1) is 27.7 Å². The van der Waals surface area contributed by atoms with E-state index in [0.29, 0.717) is 0 Å². The minimum absolute atomic E-state index is 0.884. The van der Waals surface area contributed by atoms with Crippen LogP contribution in [0.2, 0.25) is 0 Å². The van der Waals surface area contributed by atoms with Crippen molar-refractivity contribution >= 4 is 52.6 Å². The Labute approximate surface area is 115 Å². The summed E-state index contributed by atoms with van der Waals surface area (Å²) in [6.07, 6.45) is 0. The summed E-state index contributed by atoms with van der Waals surface area (Å²) >= 11 is 3.62. The van der Waals surface area contributed by atoms with Gasteiger partial charge in [-0.25, -0.2) is 0 Å². The van der Waals surface area contributed by atoms with Gasteiger partial charge in [0.2, 0.25) is 8.01 Å². The molecule has 0 aliphatic carbocycles. The van der Waals surface area contributed by atoms with Gasteiger partial charge < -0.3 is 8.39 Å². The van der Waals surface area contributed by atoms with Crippen LogP contribution >= 0.6 is 30.7 Å². The van der Waals surface area contributed by atoms with E-state index in [4.69, 9.17) is 8.39 Å². The van der Waals surface area contributed by atoms with Gasteiger partial charge in [0, 0.05) is 36.9 Å². The summed E-state index contributed by atoms with van der Waals surface area (Å²) in [5, 5.41) is 2.50. The molecule has 3 heterocycles. The molecule has 0 radical (unpaired) electrons. The first-order chi connectivity index (χ1) is 8.49. The molecule has 0 amide bonds. The molecule has 0 aliphatic heterocycles. The number of thiophene rings is 2. The molecule has 3 rings (SSSR count). The van der Waals surface area contributed by atoms with Crippen molar-refractivity contribution < 1.29 is 8.39 Å². The largest absolute Gasteiger partial charge is 0.418 e. The van der Waals surface area contributed by atoms with Crippen molar-refractivity contribution in [2.45, 2.75) is 27.7 Å². The molecule has 0 spiro atoms. The van der Waals surface area contributed by atoms with Crippen LogP contribution in [0.5, 0.6) is 0 Å². The second kappa shape index (κ2) is 4.16. The second-order valence-electron chi connectivity index (χ2n) is 4.46. The molecule has 5 heteroatoms. The third-order valence-electron chi connectivity index (χ3n) is 3.10. The highest BCUT2D eigenvalue weighted by Crippen LogP contribution is 2.43. The summed E-state index contributed by atoms with van der Waals surface area (Å²) in [5.41, 5.74) is 2.07. The van der Waals surface area contributed by atoms with Gasteiger partial charge in [-0.2, -0.15) is 0 Å². The summed E-state index contributed by atoms with van der Waals surface area (Å²) in [6.45, 7) is 10.6. The van der Waals surface area contributed by atoms with Crippen LogP contribution in [-0.2, 0) is 6.66 Å². The van der Waals surface area contributed by atoms with Crippen LogP contribution in [0.15, 0.2) is 8.39 Å². The third-order valence-corrected chi connectivity index (χ3v) is 5.98. The maximum atomic E-state index is 6.02. The van der Waals surface area contributed by atoms with E-state index in [-0.39, 0.29) is 0 Å². The Morgan fingerprint density at radius 2 is 1.11 bits per heavy atom. The lowest BCUT2D eigenvalue weighted by Crippen LogP contribution is -1.68. The molecule has 18 heavy (non-hydrogen) atoms. The topological polar surface area (TPSA) is 26.3 Å². The lowest BCUT2D eigenvalue weighted by Gasteiger charge is -1.89. The number of fused-ring (bicyclic) bond motifs is 3. The first kappa shape index (κ1) is 12.3. The van der Waals surface area contributed by atoms with Crippen molar-refractivity contribution in [3.63, 3.8) is 0 Å². The van der Waals surface area contributed by atoms with E-state index < -0.39 is 8.01 Å². The van der Waals surface area contributed by atoms with Crippen molar-refractivity contribution in [3.8, 4) is 0 Å². The molecule has 0 saturated carbocycles. The second-order valence-corrected chi connectivity index (χ2v) is 8.56. The summed E-state index contributed by atoms with van der Waals surface area (Å²) < 4.78 is 12.0. The molecule has 96 valence electrons. The summed E-state index contributed by atoms with van der Waals surface area (Å²) in [4.78, 5) is 5.13. The van der Waals surface area contributed by atoms with Gasteiger partial charge in [-0.3, -0.25) is 0 Å². The van der Waals surface area contributed by atoms with Crippen LogP contribution in [-0.4, -0.2) is 0 Å². The SMILES string of the molecule is Cc1sc(C)c2c1op(C)oc1c(C)sc(C)c12. The van der Waals surface area contributed by atoms with Crippen molar-refractivity contribution in [3.05, 3.63) is 19.5 Å². The fourth-order valence-corrected chi connectivity index (χ4v) is 5.52. The Morgan fingerprint density at radius 1 is 0.722 bits per heavy atom. The highest BCUT2D eigenvalue weighted by atomic mass is 32.1. The highest BCUT2D eigenvalue weighted by molar-refractivity contribution is 7.35. The maximum absolute atomic E-state index is 6.02. The zero-order valence-electron chi connectivity index (χ0n) is 11.1. The normalized spacial score (nSPS) is 11.6. The van der Waals surface area contributed by atoms with Crippen LogP contribution in [0.25, 0.3) is 21.9 Å². The Kier molecular flexibility index (Phi) is 2.85. The maximum Gasteiger partial charge on any atom is 0.213 e. The molecule has 0 bridgehead atoms. The van der Waals surface area contributed by atoms with Crippen LogP contribution in [0.1, 0.15) is 19.5 Å². The van der Waals surface area contributed by atoms with Gasteiger partial charge in [0.1, 0.15) is 0 Å². The van der Waals surface area contributed by atoms with E-state index in [9.17, 15) is 0 Å². The summed E-state index contributed by atoms with van der Waals surface area (Å²) in [7, 11) is -0.884. The van der Waals surface area contributed by atoms with Crippen LogP contribution in [0.4, 0.5) is 0 Å². The molecule has 3 aromatic rings. The number of hydrogen-bond donors (Lipinski definition) is 0. The van der Waals surface area contributed by atoms with Gasteiger partial charge in [-0.05, 0) is 27.7 Å². The van der Waals surface area contributed by atoms with Gasteiger partial charge in [-0.1, -0.05) is 0 Å². The van der Waals surface area contributed by atoms with Crippen molar-refractivity contribution in [2.24, 2.45) is 6.66 Å². The molecule has 0 unspecified atom stereocenters. The number of rotatable bonds is 0. The van der Waals surface area contributed by atoms with E-state index in [1.54, 1.807) is 0 Å². The third kappa shape index (κ3) is 1.67. The molecule has 0 atom stereocenters. The zero-order valence-corrected chi connectivity index (χ0v) is 13.6. The summed E-state index contributed by atoms with van der Waals surface area (Å²) in [6, 6.07) is 0. The molecule has 3 aromatic heterocycles. The fourth-order valence-electron chi connectivity index (χ4n) is 2.40. The number of aryl methyl sites for hydroxylation is 5. The predicted molar refractivity (Wildman–Crippen MR) is 82.0 cm³/mol. The molecule has 0 fully saturated rings. The van der Waals surface area contributed by atoms with Crippen LogP contribution in [0.3, 0.4) is 0 Å². The molecule has 0 aliphatic rings. The Balaban J connectivity index is 2.75. The lowest BCUT2D eigenvalue weighted by molar-refractivity contribution is 0.643. The lowest BCUT2D eigenvalue weighted by atomic mass is 10.2. The molecule has 0 saturated heterocycles. The van der Waals surface area contributed by atoms with Crippen molar-refractivity contribution in [1.82, 2.24) is 0 Å². The van der Waals surface area contributed by atoms with Crippen molar-refractivity contribution in [2.75, 3.05) is 0 Å². The van der Waals surface area contributed by atoms with Gasteiger partial charge in [0.25, 0.3) is 0 Å². The smallest absolute Gasteiger partial charge is 0.213 e. The first-order valence-corrected chi connectivity index (χ1v) is 9.04. The number of hydrogen-bond acceptors (Lipinski definition) is 4. The average Bonchev–Trinajstić information content (AvgIpc) is 2.63. The van der Waals surface area contributed by atoms with E-state index >= 15 is 0 Å². The highest BCUT2D eigenvalue weighted by Gasteiger charge is 2.16.